The van der Waals surface area contributed by atoms with Crippen LogP contribution in [0, 0.1) is 6.92 Å². The van der Waals surface area contributed by atoms with Crippen molar-refractivity contribution in [2.45, 2.75) is 18.2 Å². The van der Waals surface area contributed by atoms with E-state index in [2.05, 4.69) is 0 Å². The number of hydrogen-bond donors (Lipinski definition) is 1. The van der Waals surface area contributed by atoms with Crippen LogP contribution < -0.4 is 5.73 Å². The number of anilines is 1. The summed E-state index contributed by atoms with van der Waals surface area (Å²) >= 11 is 0. The van der Waals surface area contributed by atoms with Gasteiger partial charge in [0.15, 0.2) is 0 Å². The smallest absolute Gasteiger partial charge is 0.242 e. The van der Waals surface area contributed by atoms with Gasteiger partial charge < -0.3 is 5.73 Å². The number of rotatable bonds is 5. The van der Waals surface area contributed by atoms with Gasteiger partial charge >= 0.3 is 0 Å². The van der Waals surface area contributed by atoms with E-state index < -0.39 is 10.0 Å². The van der Waals surface area contributed by atoms with E-state index in [9.17, 15) is 8.42 Å². The minimum absolute atomic E-state index is 0.282. The van der Waals surface area contributed by atoms with Gasteiger partial charge in [-0.3, -0.25) is 0 Å². The molecule has 112 valence electrons. The third-order valence-electron chi connectivity index (χ3n) is 3.51. The zero-order valence-electron chi connectivity index (χ0n) is 12.3. The molecular formula is C16H20N2O2S. The first-order chi connectivity index (χ1) is 9.91. The van der Waals surface area contributed by atoms with Crippen molar-refractivity contribution in [3.05, 3.63) is 59.7 Å². The maximum atomic E-state index is 12.5. The van der Waals surface area contributed by atoms with Crippen molar-refractivity contribution in [1.82, 2.24) is 4.31 Å². The number of sulfonamides is 1. The van der Waals surface area contributed by atoms with E-state index in [4.69, 9.17) is 5.73 Å². The molecule has 0 spiro atoms. The first-order valence-corrected chi connectivity index (χ1v) is 8.21. The lowest BCUT2D eigenvalue weighted by Crippen LogP contribution is -2.29. The summed E-state index contributed by atoms with van der Waals surface area (Å²) in [6, 6.07) is 14.6. The molecule has 2 aromatic carbocycles. The summed E-state index contributed by atoms with van der Waals surface area (Å²) in [6.45, 7) is 2.24. The first kappa shape index (κ1) is 15.5. The molecule has 0 saturated carbocycles. The third kappa shape index (κ3) is 3.62. The number of likely N-dealkylation sites (N-methyl/N-ethyl adjacent to an activating group) is 1. The highest BCUT2D eigenvalue weighted by Crippen LogP contribution is 2.20. The van der Waals surface area contributed by atoms with Crippen LogP contribution in [0.4, 0.5) is 5.69 Å². The Balaban J connectivity index is 2.13. The zero-order valence-corrected chi connectivity index (χ0v) is 13.1. The van der Waals surface area contributed by atoms with E-state index in [1.54, 1.807) is 32.2 Å². The molecule has 21 heavy (non-hydrogen) atoms. The van der Waals surface area contributed by atoms with E-state index in [1.165, 1.54) is 4.31 Å². The van der Waals surface area contributed by atoms with Gasteiger partial charge in [0.05, 0.1) is 4.90 Å². The summed E-state index contributed by atoms with van der Waals surface area (Å²) in [4.78, 5) is 0.282. The number of nitrogens with zero attached hydrogens (tertiary/aromatic N) is 1. The van der Waals surface area contributed by atoms with Gasteiger partial charge in [0.2, 0.25) is 10.0 Å². The second-order valence-electron chi connectivity index (χ2n) is 5.08. The van der Waals surface area contributed by atoms with Crippen molar-refractivity contribution in [1.29, 1.82) is 0 Å². The molecule has 0 bridgehead atoms. The minimum atomic E-state index is -3.47. The van der Waals surface area contributed by atoms with Gasteiger partial charge in [-0.15, -0.1) is 0 Å². The summed E-state index contributed by atoms with van der Waals surface area (Å²) in [6.07, 6.45) is 0.685. The van der Waals surface area contributed by atoms with Crippen LogP contribution in [0.1, 0.15) is 11.1 Å². The molecular weight excluding hydrogens is 284 g/mol. The molecule has 0 unspecified atom stereocenters. The second kappa shape index (κ2) is 6.28. The van der Waals surface area contributed by atoms with Crippen LogP contribution in [-0.4, -0.2) is 26.3 Å². The molecule has 0 atom stereocenters. The Labute approximate surface area is 126 Å². The fourth-order valence-electron chi connectivity index (χ4n) is 2.04. The Hall–Kier alpha value is -1.85. The quantitative estimate of drug-likeness (QED) is 0.863. The molecule has 4 nitrogen and oxygen atoms in total. The highest BCUT2D eigenvalue weighted by molar-refractivity contribution is 7.89. The van der Waals surface area contributed by atoms with Gasteiger partial charge in [-0.1, -0.05) is 30.3 Å². The van der Waals surface area contributed by atoms with Crippen LogP contribution in [-0.2, 0) is 16.4 Å². The van der Waals surface area contributed by atoms with Crippen LogP contribution in [0.3, 0.4) is 0 Å². The zero-order chi connectivity index (χ0) is 15.5. The van der Waals surface area contributed by atoms with Crippen molar-refractivity contribution in [3.8, 4) is 0 Å². The van der Waals surface area contributed by atoms with Crippen molar-refractivity contribution in [3.63, 3.8) is 0 Å². The lowest BCUT2D eigenvalue weighted by molar-refractivity contribution is 0.472. The fraction of sp³-hybridized carbons (Fsp3) is 0.250. The Bertz CT molecular complexity index is 712. The SMILES string of the molecule is Cc1cc(S(=O)(=O)N(C)CCc2ccccc2)ccc1N. The average molecular weight is 304 g/mol. The van der Waals surface area contributed by atoms with Crippen molar-refractivity contribution >= 4 is 15.7 Å². The average Bonchev–Trinajstić information content (AvgIpc) is 2.48. The van der Waals surface area contributed by atoms with Gasteiger partial charge in [0.25, 0.3) is 0 Å². The number of nitrogen functional groups attached to an aromatic ring is 1. The molecule has 0 aromatic heterocycles. The molecule has 0 amide bonds. The Kier molecular flexibility index (Phi) is 4.65. The largest absolute Gasteiger partial charge is 0.399 e. The molecule has 5 heteroatoms. The monoisotopic (exact) mass is 304 g/mol. The van der Waals surface area contributed by atoms with Crippen molar-refractivity contribution in [2.24, 2.45) is 0 Å². The lowest BCUT2D eigenvalue weighted by atomic mass is 10.2. The van der Waals surface area contributed by atoms with E-state index >= 15 is 0 Å². The maximum absolute atomic E-state index is 12.5. The highest BCUT2D eigenvalue weighted by Gasteiger charge is 2.20. The number of nitrogens with two attached hydrogens (primary N) is 1. The summed E-state index contributed by atoms with van der Waals surface area (Å²) in [5, 5.41) is 0. The molecule has 0 radical (unpaired) electrons. The van der Waals surface area contributed by atoms with Gasteiger partial charge in [0, 0.05) is 19.3 Å². The molecule has 2 rings (SSSR count). The van der Waals surface area contributed by atoms with Gasteiger partial charge in [-0.25, -0.2) is 12.7 Å². The van der Waals surface area contributed by atoms with Gasteiger partial charge in [-0.05, 0) is 42.7 Å². The van der Waals surface area contributed by atoms with E-state index in [-0.39, 0.29) is 4.90 Å². The van der Waals surface area contributed by atoms with Crippen LogP contribution in [0.5, 0.6) is 0 Å². The van der Waals surface area contributed by atoms with Crippen LogP contribution in [0.2, 0.25) is 0 Å². The topological polar surface area (TPSA) is 63.4 Å². The van der Waals surface area contributed by atoms with Gasteiger partial charge in [0.1, 0.15) is 0 Å². The molecule has 0 aliphatic heterocycles. The number of hydrogen-bond acceptors (Lipinski definition) is 3. The molecule has 0 aliphatic rings. The normalized spacial score (nSPS) is 11.8. The van der Waals surface area contributed by atoms with E-state index in [1.807, 2.05) is 30.3 Å². The highest BCUT2D eigenvalue weighted by atomic mass is 32.2. The summed E-state index contributed by atoms with van der Waals surface area (Å²) < 4.78 is 26.4. The van der Waals surface area contributed by atoms with Crippen molar-refractivity contribution < 1.29 is 8.42 Å². The lowest BCUT2D eigenvalue weighted by Gasteiger charge is -2.18. The number of benzene rings is 2. The minimum Gasteiger partial charge on any atom is -0.399 e. The molecule has 2 aromatic rings. The molecule has 0 heterocycles. The Morgan fingerprint density at radius 2 is 1.76 bits per heavy atom. The molecule has 0 fully saturated rings. The van der Waals surface area contributed by atoms with Crippen LogP contribution >= 0.6 is 0 Å². The summed E-state index contributed by atoms with van der Waals surface area (Å²) in [5.41, 5.74) is 8.22. The van der Waals surface area contributed by atoms with Crippen molar-refractivity contribution in [2.75, 3.05) is 19.3 Å². The van der Waals surface area contributed by atoms with Gasteiger partial charge in [-0.2, -0.15) is 0 Å². The molecule has 0 saturated heterocycles. The van der Waals surface area contributed by atoms with E-state index in [0.717, 1.165) is 11.1 Å². The summed E-state index contributed by atoms with van der Waals surface area (Å²) in [5.74, 6) is 0. The first-order valence-electron chi connectivity index (χ1n) is 6.77. The standard InChI is InChI=1S/C16H20N2O2S/c1-13-12-15(8-9-16(13)17)21(19,20)18(2)11-10-14-6-4-3-5-7-14/h3-9,12H,10-11,17H2,1-2H3. The third-order valence-corrected chi connectivity index (χ3v) is 5.36. The Morgan fingerprint density at radius 1 is 1.10 bits per heavy atom. The van der Waals surface area contributed by atoms with E-state index in [0.29, 0.717) is 18.7 Å². The number of aryl methyl sites for hydroxylation is 1. The fourth-order valence-corrected chi connectivity index (χ4v) is 3.30. The summed E-state index contributed by atoms with van der Waals surface area (Å²) in [7, 11) is -1.87. The van der Waals surface area contributed by atoms with Crippen LogP contribution in [0.15, 0.2) is 53.4 Å². The Morgan fingerprint density at radius 3 is 2.38 bits per heavy atom. The predicted octanol–water partition coefficient (Wildman–Crippen LogP) is 2.44. The maximum Gasteiger partial charge on any atom is 0.242 e. The molecule has 2 N–H and O–H groups in total. The predicted molar refractivity (Wildman–Crippen MR) is 85.6 cm³/mol. The van der Waals surface area contributed by atoms with Crippen LogP contribution in [0.25, 0.3) is 0 Å². The second-order valence-corrected chi connectivity index (χ2v) is 7.13. The molecule has 0 aliphatic carbocycles.